The maximum absolute atomic E-state index is 11.0. The molecule has 0 spiro atoms. The molecule has 1 atom stereocenters. The Labute approximate surface area is 93.0 Å². The van der Waals surface area contributed by atoms with Crippen LogP contribution in [-0.4, -0.2) is 43.1 Å². The fraction of sp³-hybridized carbons (Fsp3) is 0.625. The first-order valence-corrected chi connectivity index (χ1v) is 5.82. The quantitative estimate of drug-likeness (QED) is 0.350. The van der Waals surface area contributed by atoms with E-state index in [0.717, 1.165) is 6.92 Å². The lowest BCUT2D eigenvalue weighted by atomic mass is 10.3. The molecule has 0 aromatic carbocycles. The van der Waals surface area contributed by atoms with Gasteiger partial charge in [-0.25, -0.2) is 4.79 Å². The summed E-state index contributed by atoms with van der Waals surface area (Å²) in [6, 6.07) is 0. The first-order chi connectivity index (χ1) is 7.37. The molecule has 0 saturated heterocycles. The Morgan fingerprint density at radius 1 is 1.50 bits per heavy atom. The van der Waals surface area contributed by atoms with Crippen molar-refractivity contribution in [1.82, 2.24) is 0 Å². The Kier molecular flexibility index (Phi) is 6.67. The van der Waals surface area contributed by atoms with Crippen molar-refractivity contribution in [3.8, 4) is 11.8 Å². The summed E-state index contributed by atoms with van der Waals surface area (Å²) in [4.78, 5) is 14.1. The molecular formula is C8H12O7S. The number of carbonyl (C=O) groups is 1. The molecule has 2 N–H and O–H groups in total. The van der Waals surface area contributed by atoms with Crippen LogP contribution in [0.1, 0.15) is 13.3 Å². The zero-order valence-electron chi connectivity index (χ0n) is 8.54. The van der Waals surface area contributed by atoms with Crippen LogP contribution in [0.25, 0.3) is 0 Å². The van der Waals surface area contributed by atoms with Crippen molar-refractivity contribution in [3.63, 3.8) is 0 Å². The maximum Gasteiger partial charge on any atom is 0.340 e. The van der Waals surface area contributed by atoms with Crippen molar-refractivity contribution in [2.45, 2.75) is 19.4 Å². The summed E-state index contributed by atoms with van der Waals surface area (Å²) in [5.74, 6) is 2.77. The molecule has 0 aromatic heterocycles. The molecule has 8 heteroatoms. The van der Waals surface area contributed by atoms with Crippen LogP contribution in [0.15, 0.2) is 0 Å². The van der Waals surface area contributed by atoms with Crippen LogP contribution < -0.4 is 0 Å². The third-order valence-electron chi connectivity index (χ3n) is 1.12. The SMILES string of the molecule is CC(=O)OOS(=O)(=O)CC(O)C#CCCO. The van der Waals surface area contributed by atoms with Crippen LogP contribution in [0.4, 0.5) is 0 Å². The average molecular weight is 252 g/mol. The monoisotopic (exact) mass is 252 g/mol. The lowest BCUT2D eigenvalue weighted by Crippen LogP contribution is -2.22. The summed E-state index contributed by atoms with van der Waals surface area (Å²) < 4.78 is 25.8. The number of hydrogen-bond acceptors (Lipinski definition) is 7. The minimum atomic E-state index is -4.17. The van der Waals surface area contributed by atoms with Gasteiger partial charge >= 0.3 is 16.1 Å². The zero-order chi connectivity index (χ0) is 12.6. The number of rotatable bonds is 5. The molecule has 0 rings (SSSR count). The van der Waals surface area contributed by atoms with E-state index in [9.17, 15) is 13.2 Å². The minimum Gasteiger partial charge on any atom is -0.395 e. The van der Waals surface area contributed by atoms with Crippen LogP contribution in [0.2, 0.25) is 0 Å². The number of hydrogen-bond donors (Lipinski definition) is 2. The van der Waals surface area contributed by atoms with E-state index in [1.54, 1.807) is 0 Å². The fourth-order valence-electron chi connectivity index (χ4n) is 0.608. The number of carbonyl (C=O) groups excluding carboxylic acids is 1. The van der Waals surface area contributed by atoms with Crippen molar-refractivity contribution in [3.05, 3.63) is 0 Å². The molecule has 0 aliphatic carbocycles. The largest absolute Gasteiger partial charge is 0.395 e. The summed E-state index contributed by atoms with van der Waals surface area (Å²) in [5, 5.41) is 17.5. The van der Waals surface area contributed by atoms with E-state index in [1.807, 2.05) is 0 Å². The summed E-state index contributed by atoms with van der Waals surface area (Å²) in [6.07, 6.45) is -1.34. The standard InChI is InChI=1S/C8H12O7S/c1-7(10)14-15-16(12,13)6-8(11)4-2-3-5-9/h8-9,11H,3,5-6H2,1H3. The van der Waals surface area contributed by atoms with Crippen molar-refractivity contribution in [2.75, 3.05) is 12.4 Å². The molecule has 7 nitrogen and oxygen atoms in total. The van der Waals surface area contributed by atoms with Gasteiger partial charge in [0.2, 0.25) is 0 Å². The number of aliphatic hydroxyl groups is 2. The van der Waals surface area contributed by atoms with Gasteiger partial charge in [0.1, 0.15) is 11.9 Å². The second kappa shape index (κ2) is 7.19. The Morgan fingerprint density at radius 2 is 2.12 bits per heavy atom. The maximum atomic E-state index is 11.0. The van der Waals surface area contributed by atoms with Crippen LogP contribution in [0, 0.1) is 11.8 Å². The predicted molar refractivity (Wildman–Crippen MR) is 52.1 cm³/mol. The molecule has 0 bridgehead atoms. The Bertz CT molecular complexity index is 375. The molecule has 0 heterocycles. The summed E-state index contributed by atoms with van der Waals surface area (Å²) in [7, 11) is -4.17. The van der Waals surface area contributed by atoms with Gasteiger partial charge in [-0.2, -0.15) is 8.42 Å². The Balaban J connectivity index is 4.17. The van der Waals surface area contributed by atoms with Crippen molar-refractivity contribution < 1.29 is 32.6 Å². The van der Waals surface area contributed by atoms with Crippen molar-refractivity contribution in [1.29, 1.82) is 0 Å². The van der Waals surface area contributed by atoms with Gasteiger partial charge in [0.05, 0.1) is 6.61 Å². The Hall–Kier alpha value is -1.14. The second-order valence-corrected chi connectivity index (χ2v) is 4.26. The van der Waals surface area contributed by atoms with Crippen LogP contribution in [0.5, 0.6) is 0 Å². The van der Waals surface area contributed by atoms with E-state index in [0.29, 0.717) is 0 Å². The van der Waals surface area contributed by atoms with Crippen LogP contribution in [0.3, 0.4) is 0 Å². The molecule has 0 amide bonds. The molecule has 16 heavy (non-hydrogen) atoms. The third-order valence-corrected chi connectivity index (χ3v) is 2.12. The third kappa shape index (κ3) is 8.19. The van der Waals surface area contributed by atoms with Crippen molar-refractivity contribution >= 4 is 16.1 Å². The van der Waals surface area contributed by atoms with Gasteiger partial charge in [0, 0.05) is 13.3 Å². The lowest BCUT2D eigenvalue weighted by Gasteiger charge is -2.03. The van der Waals surface area contributed by atoms with Gasteiger partial charge in [0.15, 0.2) is 0 Å². The van der Waals surface area contributed by atoms with Crippen molar-refractivity contribution in [2.24, 2.45) is 0 Å². The van der Waals surface area contributed by atoms with Crippen LogP contribution >= 0.6 is 0 Å². The predicted octanol–water partition coefficient (Wildman–Crippen LogP) is -1.44. The Morgan fingerprint density at radius 3 is 2.62 bits per heavy atom. The molecule has 0 radical (unpaired) electrons. The van der Waals surface area contributed by atoms with Gasteiger partial charge < -0.3 is 10.2 Å². The molecule has 0 saturated carbocycles. The topological polar surface area (TPSA) is 110 Å². The van der Waals surface area contributed by atoms with Gasteiger partial charge in [-0.3, -0.25) is 4.89 Å². The second-order valence-electron chi connectivity index (χ2n) is 2.68. The lowest BCUT2D eigenvalue weighted by molar-refractivity contribution is -0.208. The molecule has 0 aliphatic rings. The van der Waals surface area contributed by atoms with Gasteiger partial charge in [-0.15, -0.1) is 0 Å². The highest BCUT2D eigenvalue weighted by atomic mass is 32.2. The van der Waals surface area contributed by atoms with E-state index < -0.39 is 27.9 Å². The highest BCUT2D eigenvalue weighted by molar-refractivity contribution is 7.86. The van der Waals surface area contributed by atoms with Gasteiger partial charge in [-0.1, -0.05) is 16.2 Å². The highest BCUT2D eigenvalue weighted by Gasteiger charge is 2.19. The van der Waals surface area contributed by atoms with E-state index >= 15 is 0 Å². The van der Waals surface area contributed by atoms with E-state index in [4.69, 9.17) is 10.2 Å². The highest BCUT2D eigenvalue weighted by Crippen LogP contribution is 1.98. The summed E-state index contributed by atoms with van der Waals surface area (Å²) >= 11 is 0. The number of aliphatic hydroxyl groups excluding tert-OH is 2. The molecule has 0 fully saturated rings. The molecule has 0 aromatic rings. The normalized spacial score (nSPS) is 12.4. The van der Waals surface area contributed by atoms with E-state index in [1.165, 1.54) is 0 Å². The van der Waals surface area contributed by atoms with Gasteiger partial charge in [0.25, 0.3) is 0 Å². The first-order valence-electron chi connectivity index (χ1n) is 4.24. The smallest absolute Gasteiger partial charge is 0.340 e. The average Bonchev–Trinajstić information content (AvgIpc) is 2.15. The molecular weight excluding hydrogens is 240 g/mol. The van der Waals surface area contributed by atoms with E-state index in [2.05, 4.69) is 21.1 Å². The molecule has 0 aliphatic heterocycles. The summed E-state index contributed by atoms with van der Waals surface area (Å²) in [5.41, 5.74) is 0. The molecule has 92 valence electrons. The van der Waals surface area contributed by atoms with E-state index in [-0.39, 0.29) is 13.0 Å². The first kappa shape index (κ1) is 14.9. The minimum absolute atomic E-state index is 0.127. The summed E-state index contributed by atoms with van der Waals surface area (Å²) in [6.45, 7) is 0.781. The fourth-order valence-corrected chi connectivity index (χ4v) is 1.33. The van der Waals surface area contributed by atoms with Gasteiger partial charge in [-0.05, 0) is 0 Å². The molecule has 1 unspecified atom stereocenters. The van der Waals surface area contributed by atoms with Crippen LogP contribution in [-0.2, 0) is 24.1 Å². The zero-order valence-corrected chi connectivity index (χ0v) is 9.36.